The molecule has 3 heterocycles. The molecule has 5 nitrogen and oxygen atoms in total. The van der Waals surface area contributed by atoms with Gasteiger partial charge in [0.05, 0.1) is 11.1 Å². The van der Waals surface area contributed by atoms with Crippen molar-refractivity contribution in [3.8, 4) is 11.1 Å². The number of likely N-dealkylation sites (tertiary alicyclic amines) is 1. The maximum Gasteiger partial charge on any atom is 0.228 e. The molecular weight excluding hydrogens is 408 g/mol. The first-order chi connectivity index (χ1) is 16.1. The summed E-state index contributed by atoms with van der Waals surface area (Å²) in [6.45, 7) is 8.72. The van der Waals surface area contributed by atoms with Gasteiger partial charge in [-0.2, -0.15) is 0 Å². The van der Waals surface area contributed by atoms with Gasteiger partial charge in [0.15, 0.2) is 0 Å². The summed E-state index contributed by atoms with van der Waals surface area (Å²) in [4.78, 5) is 24.7. The number of benzene rings is 1. The molecule has 1 saturated heterocycles. The molecule has 170 valence electrons. The summed E-state index contributed by atoms with van der Waals surface area (Å²) in [5, 5.41) is 3.10. The Morgan fingerprint density at radius 2 is 1.97 bits per heavy atom. The second-order valence-corrected chi connectivity index (χ2v) is 8.98. The highest BCUT2D eigenvalue weighted by atomic mass is 16.2. The molecule has 3 aromatic rings. The fourth-order valence-corrected chi connectivity index (χ4v) is 4.84. The van der Waals surface area contributed by atoms with Crippen LogP contribution in [0, 0.1) is 12.3 Å². The number of carbonyl (C=O) groups excluding carboxylic acids is 1. The number of piperidine rings is 1. The standard InChI is InChI=1S/C28H32N4O/c1-3-14-30-27(33)28(13-6-17-32(21-28)20-26-10-4-7-22(2)31-26)19-23-8-5-9-25(18-23)24-11-15-29-16-12-24/h3-5,7-12,15-16,18H,1,6,13-14,17,19-21H2,2H3,(H,30,33)/t28-/m1/s1. The van der Waals surface area contributed by atoms with Gasteiger partial charge in [-0.1, -0.05) is 36.4 Å². The highest BCUT2D eigenvalue weighted by Crippen LogP contribution is 2.35. The van der Waals surface area contributed by atoms with Crippen LogP contribution in [0.15, 0.2) is 79.6 Å². The third kappa shape index (κ3) is 5.74. The summed E-state index contributed by atoms with van der Waals surface area (Å²) in [5.41, 5.74) is 5.04. The van der Waals surface area contributed by atoms with Crippen molar-refractivity contribution >= 4 is 5.91 Å². The van der Waals surface area contributed by atoms with E-state index in [1.807, 2.05) is 37.5 Å². The molecule has 1 fully saturated rings. The summed E-state index contributed by atoms with van der Waals surface area (Å²) < 4.78 is 0. The predicted octanol–water partition coefficient (Wildman–Crippen LogP) is 4.58. The summed E-state index contributed by atoms with van der Waals surface area (Å²) in [7, 11) is 0. The van der Waals surface area contributed by atoms with Gasteiger partial charge in [-0.3, -0.25) is 19.7 Å². The van der Waals surface area contributed by atoms with Crippen molar-refractivity contribution in [2.45, 2.75) is 32.7 Å². The number of pyridine rings is 2. The fourth-order valence-electron chi connectivity index (χ4n) is 4.84. The highest BCUT2D eigenvalue weighted by molar-refractivity contribution is 5.83. The first kappa shape index (κ1) is 22.9. The van der Waals surface area contributed by atoms with E-state index in [9.17, 15) is 4.79 Å². The third-order valence-electron chi connectivity index (χ3n) is 6.36. The summed E-state index contributed by atoms with van der Waals surface area (Å²) >= 11 is 0. The van der Waals surface area contributed by atoms with Gasteiger partial charge in [-0.15, -0.1) is 6.58 Å². The normalized spacial score (nSPS) is 18.6. The summed E-state index contributed by atoms with van der Waals surface area (Å²) in [5.74, 6) is 0.110. The number of hydrogen-bond donors (Lipinski definition) is 1. The van der Waals surface area contributed by atoms with Crippen molar-refractivity contribution in [1.82, 2.24) is 20.2 Å². The van der Waals surface area contributed by atoms with Crippen LogP contribution in [0.3, 0.4) is 0 Å². The molecule has 0 bridgehead atoms. The average molecular weight is 441 g/mol. The second kappa shape index (κ2) is 10.5. The van der Waals surface area contributed by atoms with E-state index in [0.717, 1.165) is 48.4 Å². The molecule has 0 unspecified atom stereocenters. The second-order valence-electron chi connectivity index (χ2n) is 8.98. The molecule has 1 aliphatic rings. The summed E-state index contributed by atoms with van der Waals surface area (Å²) in [6.07, 6.45) is 7.92. The molecule has 1 atom stereocenters. The van der Waals surface area contributed by atoms with E-state index in [1.165, 1.54) is 5.56 Å². The molecule has 0 saturated carbocycles. The van der Waals surface area contributed by atoms with Gasteiger partial charge >= 0.3 is 0 Å². The molecule has 1 N–H and O–H groups in total. The Morgan fingerprint density at radius 1 is 1.15 bits per heavy atom. The largest absolute Gasteiger partial charge is 0.352 e. The molecule has 1 amide bonds. The highest BCUT2D eigenvalue weighted by Gasteiger charge is 2.42. The molecule has 1 aromatic carbocycles. The number of nitrogens with zero attached hydrogens (tertiary/aromatic N) is 3. The lowest BCUT2D eigenvalue weighted by Gasteiger charge is -2.42. The zero-order valence-corrected chi connectivity index (χ0v) is 19.3. The number of rotatable bonds is 8. The van der Waals surface area contributed by atoms with E-state index in [-0.39, 0.29) is 5.91 Å². The monoisotopic (exact) mass is 440 g/mol. The number of amides is 1. The maximum absolute atomic E-state index is 13.5. The maximum atomic E-state index is 13.5. The molecule has 0 spiro atoms. The zero-order valence-electron chi connectivity index (χ0n) is 19.3. The Balaban J connectivity index is 1.59. The van der Waals surface area contributed by atoms with Crippen LogP contribution in [0.4, 0.5) is 0 Å². The molecular formula is C28H32N4O. The van der Waals surface area contributed by atoms with Gasteiger partial charge in [0.1, 0.15) is 0 Å². The minimum atomic E-state index is -0.484. The van der Waals surface area contributed by atoms with Crippen LogP contribution in [0.2, 0.25) is 0 Å². The van der Waals surface area contributed by atoms with Gasteiger partial charge in [0, 0.05) is 37.7 Å². The minimum absolute atomic E-state index is 0.110. The lowest BCUT2D eigenvalue weighted by Crippen LogP contribution is -2.53. The number of nitrogens with one attached hydrogen (secondary N) is 1. The van der Waals surface area contributed by atoms with Gasteiger partial charge in [0.25, 0.3) is 0 Å². The fraction of sp³-hybridized carbons (Fsp3) is 0.321. The van der Waals surface area contributed by atoms with E-state index in [1.54, 1.807) is 6.08 Å². The number of aryl methyl sites for hydroxylation is 1. The molecule has 0 radical (unpaired) electrons. The smallest absolute Gasteiger partial charge is 0.228 e. The van der Waals surface area contributed by atoms with Crippen molar-refractivity contribution < 1.29 is 4.79 Å². The van der Waals surface area contributed by atoms with Crippen molar-refractivity contribution in [1.29, 1.82) is 0 Å². The Hall–Kier alpha value is -3.31. The van der Waals surface area contributed by atoms with Crippen LogP contribution in [0.5, 0.6) is 0 Å². The lowest BCUT2D eigenvalue weighted by molar-refractivity contribution is -0.134. The van der Waals surface area contributed by atoms with Gasteiger partial charge < -0.3 is 5.32 Å². The van der Waals surface area contributed by atoms with Crippen molar-refractivity contribution in [3.63, 3.8) is 0 Å². The zero-order chi connectivity index (χ0) is 23.1. The van der Waals surface area contributed by atoms with Crippen LogP contribution in [-0.2, 0) is 17.8 Å². The molecule has 5 heteroatoms. The Morgan fingerprint density at radius 3 is 2.76 bits per heavy atom. The van der Waals surface area contributed by atoms with E-state index in [0.29, 0.717) is 19.5 Å². The Labute approximate surface area is 196 Å². The molecule has 1 aliphatic heterocycles. The van der Waals surface area contributed by atoms with Crippen molar-refractivity contribution in [2.24, 2.45) is 5.41 Å². The van der Waals surface area contributed by atoms with Crippen LogP contribution in [-0.4, -0.2) is 40.4 Å². The van der Waals surface area contributed by atoms with Crippen LogP contribution in [0.25, 0.3) is 11.1 Å². The van der Waals surface area contributed by atoms with E-state index >= 15 is 0 Å². The Bertz CT molecular complexity index is 1100. The van der Waals surface area contributed by atoms with E-state index in [4.69, 9.17) is 0 Å². The molecule has 0 aliphatic carbocycles. The molecule has 33 heavy (non-hydrogen) atoms. The average Bonchev–Trinajstić information content (AvgIpc) is 2.83. The van der Waals surface area contributed by atoms with Gasteiger partial charge in [0.2, 0.25) is 5.91 Å². The SMILES string of the molecule is C=CCNC(=O)[C@@]1(Cc2cccc(-c3ccncc3)c2)CCCN(Cc2cccc(C)n2)C1. The van der Waals surface area contributed by atoms with Crippen LogP contribution >= 0.6 is 0 Å². The first-order valence-corrected chi connectivity index (χ1v) is 11.6. The van der Waals surface area contributed by atoms with Crippen molar-refractivity contribution in [3.05, 3.63) is 96.6 Å². The Kier molecular flexibility index (Phi) is 7.30. The summed E-state index contributed by atoms with van der Waals surface area (Å²) in [6, 6.07) is 18.7. The number of hydrogen-bond acceptors (Lipinski definition) is 4. The van der Waals surface area contributed by atoms with E-state index < -0.39 is 5.41 Å². The topological polar surface area (TPSA) is 58.1 Å². The minimum Gasteiger partial charge on any atom is -0.352 e. The lowest BCUT2D eigenvalue weighted by atomic mass is 9.74. The van der Waals surface area contributed by atoms with Gasteiger partial charge in [-0.05, 0) is 73.7 Å². The van der Waals surface area contributed by atoms with E-state index in [2.05, 4.69) is 63.2 Å². The predicted molar refractivity (Wildman–Crippen MR) is 133 cm³/mol. The third-order valence-corrected chi connectivity index (χ3v) is 6.36. The van der Waals surface area contributed by atoms with Gasteiger partial charge in [-0.25, -0.2) is 0 Å². The number of carbonyl (C=O) groups is 1. The quantitative estimate of drug-likeness (QED) is 0.521. The number of aromatic nitrogens is 2. The molecule has 4 rings (SSSR count). The van der Waals surface area contributed by atoms with Crippen LogP contribution < -0.4 is 5.32 Å². The van der Waals surface area contributed by atoms with Crippen molar-refractivity contribution in [2.75, 3.05) is 19.6 Å². The van der Waals surface area contributed by atoms with Crippen LogP contribution in [0.1, 0.15) is 29.8 Å². The first-order valence-electron chi connectivity index (χ1n) is 11.6. The molecule has 2 aromatic heterocycles.